The topological polar surface area (TPSA) is 66.4 Å². The lowest BCUT2D eigenvalue weighted by Gasteiger charge is -2.26. The first-order chi connectivity index (χ1) is 10.6. The monoisotopic (exact) mass is 303 g/mol. The first kappa shape index (κ1) is 16.5. The van der Waals surface area contributed by atoms with E-state index in [1.807, 2.05) is 0 Å². The van der Waals surface area contributed by atoms with Gasteiger partial charge in [0.05, 0.1) is 5.92 Å². The van der Waals surface area contributed by atoms with Gasteiger partial charge in [-0.25, -0.2) is 0 Å². The van der Waals surface area contributed by atoms with Gasteiger partial charge in [-0.2, -0.15) is 0 Å². The van der Waals surface area contributed by atoms with Crippen molar-refractivity contribution >= 4 is 11.9 Å². The van der Waals surface area contributed by atoms with Gasteiger partial charge >= 0.3 is 5.97 Å². The summed E-state index contributed by atoms with van der Waals surface area (Å²) in [6, 6.07) is 8.54. The van der Waals surface area contributed by atoms with E-state index in [0.29, 0.717) is 19.3 Å². The molecule has 120 valence electrons. The molecule has 1 fully saturated rings. The minimum atomic E-state index is -0.708. The zero-order chi connectivity index (χ0) is 15.9. The molecule has 0 saturated heterocycles. The van der Waals surface area contributed by atoms with Crippen molar-refractivity contribution in [2.75, 3.05) is 0 Å². The third-order valence-corrected chi connectivity index (χ3v) is 4.51. The Bertz CT molecular complexity index is 502. The van der Waals surface area contributed by atoms with Crippen molar-refractivity contribution in [1.29, 1.82) is 0 Å². The van der Waals surface area contributed by atoms with Gasteiger partial charge in [-0.05, 0) is 49.7 Å². The third kappa shape index (κ3) is 4.86. The summed E-state index contributed by atoms with van der Waals surface area (Å²) in [4.78, 5) is 22.9. The number of carbonyl (C=O) groups excluding carboxylic acids is 1. The number of benzene rings is 1. The Morgan fingerprint density at radius 1 is 1.09 bits per heavy atom. The summed E-state index contributed by atoms with van der Waals surface area (Å²) in [5.74, 6) is -0.871. The molecule has 0 radical (unpaired) electrons. The second kappa shape index (κ2) is 7.97. The van der Waals surface area contributed by atoms with E-state index in [0.717, 1.165) is 25.7 Å². The van der Waals surface area contributed by atoms with Gasteiger partial charge < -0.3 is 10.4 Å². The number of amides is 1. The molecule has 22 heavy (non-hydrogen) atoms. The van der Waals surface area contributed by atoms with E-state index < -0.39 is 5.97 Å². The number of carboxylic acids is 1. The SMILES string of the molecule is CCc1ccc(CCC(=O)NC2CCC(C(=O)O)CC2)cc1. The Morgan fingerprint density at radius 2 is 1.68 bits per heavy atom. The van der Waals surface area contributed by atoms with Crippen LogP contribution in [0.5, 0.6) is 0 Å². The molecule has 1 aromatic rings. The maximum absolute atomic E-state index is 12.0. The Morgan fingerprint density at radius 3 is 2.23 bits per heavy atom. The summed E-state index contributed by atoms with van der Waals surface area (Å²) >= 11 is 0. The molecule has 1 aliphatic rings. The normalized spacial score (nSPS) is 21.3. The highest BCUT2D eigenvalue weighted by Gasteiger charge is 2.26. The molecule has 0 unspecified atom stereocenters. The second-order valence-electron chi connectivity index (χ2n) is 6.12. The first-order valence-electron chi connectivity index (χ1n) is 8.18. The molecular weight excluding hydrogens is 278 g/mol. The minimum Gasteiger partial charge on any atom is -0.481 e. The zero-order valence-electron chi connectivity index (χ0n) is 13.2. The molecule has 2 rings (SSSR count). The van der Waals surface area contributed by atoms with Gasteiger partial charge in [-0.15, -0.1) is 0 Å². The van der Waals surface area contributed by atoms with Crippen LogP contribution >= 0.6 is 0 Å². The van der Waals surface area contributed by atoms with Crippen LogP contribution in [0.4, 0.5) is 0 Å². The van der Waals surface area contributed by atoms with Crippen LogP contribution in [-0.4, -0.2) is 23.0 Å². The largest absolute Gasteiger partial charge is 0.481 e. The highest BCUT2D eigenvalue weighted by atomic mass is 16.4. The van der Waals surface area contributed by atoms with Crippen molar-refractivity contribution < 1.29 is 14.7 Å². The summed E-state index contributed by atoms with van der Waals surface area (Å²) in [6.07, 6.45) is 5.14. The van der Waals surface area contributed by atoms with Crippen molar-refractivity contribution in [1.82, 2.24) is 5.32 Å². The molecule has 4 heteroatoms. The lowest BCUT2D eigenvalue weighted by Crippen LogP contribution is -2.38. The van der Waals surface area contributed by atoms with Crippen LogP contribution in [0.25, 0.3) is 0 Å². The number of carbonyl (C=O) groups is 2. The van der Waals surface area contributed by atoms with Gasteiger partial charge in [0.25, 0.3) is 0 Å². The fraction of sp³-hybridized carbons (Fsp3) is 0.556. The third-order valence-electron chi connectivity index (χ3n) is 4.51. The van der Waals surface area contributed by atoms with Crippen molar-refractivity contribution in [2.45, 2.75) is 57.9 Å². The molecule has 0 bridgehead atoms. The zero-order valence-corrected chi connectivity index (χ0v) is 13.2. The van der Waals surface area contributed by atoms with Gasteiger partial charge in [-0.3, -0.25) is 9.59 Å². The Balaban J connectivity index is 1.70. The molecule has 0 aromatic heterocycles. The predicted molar refractivity (Wildman–Crippen MR) is 85.7 cm³/mol. The Kier molecular flexibility index (Phi) is 5.99. The average molecular weight is 303 g/mol. The molecule has 1 aliphatic carbocycles. The fourth-order valence-electron chi connectivity index (χ4n) is 2.98. The van der Waals surface area contributed by atoms with E-state index in [4.69, 9.17) is 5.11 Å². The number of hydrogen-bond donors (Lipinski definition) is 2. The van der Waals surface area contributed by atoms with Crippen LogP contribution in [0.3, 0.4) is 0 Å². The smallest absolute Gasteiger partial charge is 0.306 e. The number of aliphatic carboxylic acids is 1. The van der Waals surface area contributed by atoms with E-state index in [2.05, 4.69) is 36.5 Å². The lowest BCUT2D eigenvalue weighted by atomic mass is 9.86. The van der Waals surface area contributed by atoms with Crippen LogP contribution < -0.4 is 5.32 Å². The second-order valence-corrected chi connectivity index (χ2v) is 6.12. The number of carboxylic acid groups (broad SMARTS) is 1. The van der Waals surface area contributed by atoms with Crippen molar-refractivity contribution in [3.05, 3.63) is 35.4 Å². The molecule has 1 saturated carbocycles. The highest BCUT2D eigenvalue weighted by molar-refractivity contribution is 5.76. The maximum Gasteiger partial charge on any atom is 0.306 e. The molecule has 0 atom stereocenters. The van der Waals surface area contributed by atoms with Crippen LogP contribution in [0.1, 0.15) is 50.2 Å². The standard InChI is InChI=1S/C18H25NO3/c1-2-13-3-5-14(6-4-13)7-12-17(20)19-16-10-8-15(9-11-16)18(21)22/h3-6,15-16H,2,7-12H2,1H3,(H,19,20)(H,21,22). The van der Waals surface area contributed by atoms with Crippen molar-refractivity contribution in [3.63, 3.8) is 0 Å². The molecule has 0 heterocycles. The molecule has 2 N–H and O–H groups in total. The summed E-state index contributed by atoms with van der Waals surface area (Å²) in [6.45, 7) is 2.13. The quantitative estimate of drug-likeness (QED) is 0.849. The molecule has 0 spiro atoms. The summed E-state index contributed by atoms with van der Waals surface area (Å²) in [5, 5.41) is 12.0. The number of nitrogens with one attached hydrogen (secondary N) is 1. The summed E-state index contributed by atoms with van der Waals surface area (Å²) in [5.41, 5.74) is 2.49. The fourth-order valence-corrected chi connectivity index (χ4v) is 2.98. The van der Waals surface area contributed by atoms with E-state index in [-0.39, 0.29) is 17.9 Å². The summed E-state index contributed by atoms with van der Waals surface area (Å²) < 4.78 is 0. The Labute approximate surface area is 131 Å². The highest BCUT2D eigenvalue weighted by Crippen LogP contribution is 2.24. The minimum absolute atomic E-state index is 0.0679. The van der Waals surface area contributed by atoms with Crippen molar-refractivity contribution in [2.24, 2.45) is 5.92 Å². The molecule has 0 aliphatic heterocycles. The van der Waals surface area contributed by atoms with Gasteiger partial charge in [0.15, 0.2) is 0 Å². The number of hydrogen-bond acceptors (Lipinski definition) is 2. The number of aryl methyl sites for hydroxylation is 2. The van der Waals surface area contributed by atoms with E-state index in [1.165, 1.54) is 11.1 Å². The van der Waals surface area contributed by atoms with Gasteiger partial charge in [0.1, 0.15) is 0 Å². The lowest BCUT2D eigenvalue weighted by molar-refractivity contribution is -0.142. The molecule has 1 amide bonds. The maximum atomic E-state index is 12.0. The van der Waals surface area contributed by atoms with Gasteiger partial charge in [-0.1, -0.05) is 31.2 Å². The Hall–Kier alpha value is -1.84. The van der Waals surface area contributed by atoms with Crippen LogP contribution in [0.15, 0.2) is 24.3 Å². The van der Waals surface area contributed by atoms with Crippen LogP contribution in [0, 0.1) is 5.92 Å². The van der Waals surface area contributed by atoms with Crippen molar-refractivity contribution in [3.8, 4) is 0 Å². The molecule has 1 aromatic carbocycles. The van der Waals surface area contributed by atoms with E-state index in [9.17, 15) is 9.59 Å². The van der Waals surface area contributed by atoms with E-state index in [1.54, 1.807) is 0 Å². The predicted octanol–water partition coefficient (Wildman–Crippen LogP) is 2.94. The molecule has 4 nitrogen and oxygen atoms in total. The van der Waals surface area contributed by atoms with E-state index >= 15 is 0 Å². The number of rotatable bonds is 6. The average Bonchev–Trinajstić information content (AvgIpc) is 2.54. The van der Waals surface area contributed by atoms with Gasteiger partial charge in [0, 0.05) is 12.5 Å². The van der Waals surface area contributed by atoms with Crippen LogP contribution in [0.2, 0.25) is 0 Å². The first-order valence-corrected chi connectivity index (χ1v) is 8.18. The molecular formula is C18H25NO3. The van der Waals surface area contributed by atoms with Crippen LogP contribution in [-0.2, 0) is 22.4 Å². The van der Waals surface area contributed by atoms with Gasteiger partial charge in [0.2, 0.25) is 5.91 Å². The summed E-state index contributed by atoms with van der Waals surface area (Å²) in [7, 11) is 0.